The van der Waals surface area contributed by atoms with E-state index in [-0.39, 0.29) is 25.0 Å². The van der Waals surface area contributed by atoms with E-state index in [1.807, 2.05) is 48.7 Å². The number of urea groups is 1. The van der Waals surface area contributed by atoms with Crippen LogP contribution in [0.1, 0.15) is 16.0 Å². The summed E-state index contributed by atoms with van der Waals surface area (Å²) in [7, 11) is 3.20. The Hall–Kier alpha value is -3.30. The van der Waals surface area contributed by atoms with Gasteiger partial charge in [-0.2, -0.15) is 0 Å². The fourth-order valence-corrected chi connectivity index (χ4v) is 4.89. The molecule has 0 unspecified atom stereocenters. The number of carbonyl (C=O) groups excluding carboxylic acids is 2. The number of ether oxygens (including phenoxy) is 2. The molecule has 7 nitrogen and oxygen atoms in total. The Morgan fingerprint density at radius 3 is 2.41 bits per heavy atom. The average Bonchev–Trinajstić information content (AvgIpc) is 3.31. The van der Waals surface area contributed by atoms with Crippen molar-refractivity contribution in [1.82, 2.24) is 9.80 Å². The Bertz CT molecular complexity index is 1210. The molecule has 0 spiro atoms. The third-order valence-corrected chi connectivity index (χ3v) is 7.37. The second-order valence-electron chi connectivity index (χ2n) is 8.39. The summed E-state index contributed by atoms with van der Waals surface area (Å²) >= 11 is 5.01. The van der Waals surface area contributed by atoms with Gasteiger partial charge in [0.25, 0.3) is 0 Å². The molecule has 3 amide bonds. The number of nitrogens with one attached hydrogen (secondary N) is 1. The van der Waals surface area contributed by atoms with E-state index in [0.29, 0.717) is 36.7 Å². The zero-order valence-electron chi connectivity index (χ0n) is 21.3. The minimum absolute atomic E-state index is 0.0647. The topological polar surface area (TPSA) is 71.1 Å². The van der Waals surface area contributed by atoms with Crippen LogP contribution in [0.4, 0.5) is 10.5 Å². The van der Waals surface area contributed by atoms with Crippen molar-refractivity contribution in [2.24, 2.45) is 0 Å². The summed E-state index contributed by atoms with van der Waals surface area (Å²) in [6.07, 6.45) is 2.24. The summed E-state index contributed by atoms with van der Waals surface area (Å²) in [6, 6.07) is 14.7. The molecule has 2 aromatic carbocycles. The normalized spacial score (nSPS) is 10.5. The number of aryl methyl sites for hydroxylation is 1. The fraction of sp³-hybridized carbons (Fsp3) is 0.286. The number of benzene rings is 2. The summed E-state index contributed by atoms with van der Waals surface area (Å²) in [5, 5.41) is 4.88. The standard InChI is InChI=1S/C28H32BrN3O4S/c1-5-14-32(28(34)30-23-9-7-22(29)8-10-23)19-27(33)31(18-26-20(2)13-16-37-26)15-12-21-6-11-24(35-3)25(17-21)36-4/h5-11,13,16-17H,1,12,14-15,18-19H2,2-4H3,(H,30,34). The molecule has 0 atom stereocenters. The lowest BCUT2D eigenvalue weighted by atomic mass is 10.1. The van der Waals surface area contributed by atoms with Crippen LogP contribution in [0.3, 0.4) is 0 Å². The van der Waals surface area contributed by atoms with Crippen LogP contribution in [0.2, 0.25) is 0 Å². The molecule has 0 saturated carbocycles. The van der Waals surface area contributed by atoms with Crippen molar-refractivity contribution < 1.29 is 19.1 Å². The molecule has 3 aromatic rings. The van der Waals surface area contributed by atoms with Crippen molar-refractivity contribution in [3.8, 4) is 11.5 Å². The highest BCUT2D eigenvalue weighted by atomic mass is 79.9. The van der Waals surface area contributed by atoms with Crippen molar-refractivity contribution in [2.45, 2.75) is 19.9 Å². The van der Waals surface area contributed by atoms with Crippen LogP contribution in [0.15, 0.2) is 71.0 Å². The molecule has 1 heterocycles. The maximum absolute atomic E-state index is 13.5. The first-order chi connectivity index (χ1) is 17.8. The molecule has 9 heteroatoms. The van der Waals surface area contributed by atoms with Gasteiger partial charge in [-0.15, -0.1) is 17.9 Å². The number of nitrogens with zero attached hydrogens (tertiary/aromatic N) is 2. The number of hydrogen-bond donors (Lipinski definition) is 1. The molecule has 0 radical (unpaired) electrons. The monoisotopic (exact) mass is 585 g/mol. The third-order valence-electron chi connectivity index (χ3n) is 5.83. The molecule has 37 heavy (non-hydrogen) atoms. The predicted molar refractivity (Wildman–Crippen MR) is 153 cm³/mol. The number of rotatable bonds is 12. The van der Waals surface area contributed by atoms with E-state index in [4.69, 9.17) is 9.47 Å². The molecular formula is C28H32BrN3O4S. The number of amides is 3. The van der Waals surface area contributed by atoms with Gasteiger partial charge in [0.2, 0.25) is 5.91 Å². The van der Waals surface area contributed by atoms with Crippen molar-refractivity contribution in [3.05, 3.63) is 87.0 Å². The minimum atomic E-state index is -0.359. The maximum Gasteiger partial charge on any atom is 0.322 e. The number of thiophene rings is 1. The summed E-state index contributed by atoms with van der Waals surface area (Å²) < 4.78 is 11.7. The highest BCUT2D eigenvalue weighted by Crippen LogP contribution is 2.28. The van der Waals surface area contributed by atoms with Gasteiger partial charge in [0.15, 0.2) is 11.5 Å². The molecule has 0 aliphatic carbocycles. The largest absolute Gasteiger partial charge is 0.493 e. The molecule has 1 aromatic heterocycles. The van der Waals surface area contributed by atoms with Crippen LogP contribution >= 0.6 is 27.3 Å². The number of methoxy groups -OCH3 is 2. The Balaban J connectivity index is 1.75. The number of anilines is 1. The fourth-order valence-electron chi connectivity index (χ4n) is 3.71. The molecule has 1 N–H and O–H groups in total. The zero-order chi connectivity index (χ0) is 26.8. The summed E-state index contributed by atoms with van der Waals surface area (Å²) in [5.74, 6) is 1.17. The number of hydrogen-bond acceptors (Lipinski definition) is 5. The maximum atomic E-state index is 13.5. The quantitative estimate of drug-likeness (QED) is 0.260. The zero-order valence-corrected chi connectivity index (χ0v) is 23.7. The van der Waals surface area contributed by atoms with E-state index in [2.05, 4.69) is 27.8 Å². The molecule has 0 saturated heterocycles. The van der Waals surface area contributed by atoms with Crippen LogP contribution in [0, 0.1) is 6.92 Å². The third kappa shape index (κ3) is 8.10. The van der Waals surface area contributed by atoms with Crippen molar-refractivity contribution in [1.29, 1.82) is 0 Å². The van der Waals surface area contributed by atoms with Crippen molar-refractivity contribution in [2.75, 3.05) is 39.2 Å². The Morgan fingerprint density at radius 2 is 1.78 bits per heavy atom. The average molecular weight is 587 g/mol. The summed E-state index contributed by atoms with van der Waals surface area (Å²) in [5.41, 5.74) is 2.81. The molecule has 0 aliphatic rings. The number of halogens is 1. The second-order valence-corrected chi connectivity index (χ2v) is 10.3. The van der Waals surface area contributed by atoms with Gasteiger partial charge in [0.05, 0.1) is 20.8 Å². The van der Waals surface area contributed by atoms with E-state index in [0.717, 1.165) is 20.5 Å². The molecule has 196 valence electrons. The van der Waals surface area contributed by atoms with E-state index >= 15 is 0 Å². The second kappa shape index (κ2) is 13.9. The van der Waals surface area contributed by atoms with Crippen molar-refractivity contribution in [3.63, 3.8) is 0 Å². The lowest BCUT2D eigenvalue weighted by molar-refractivity contribution is -0.132. The van der Waals surface area contributed by atoms with Gasteiger partial charge in [-0.25, -0.2) is 4.79 Å². The Morgan fingerprint density at radius 1 is 1.05 bits per heavy atom. The van der Waals surface area contributed by atoms with E-state index in [1.165, 1.54) is 4.90 Å². The summed E-state index contributed by atoms with van der Waals surface area (Å²) in [6.45, 7) is 6.95. The summed E-state index contributed by atoms with van der Waals surface area (Å²) in [4.78, 5) is 30.9. The van der Waals surface area contributed by atoms with Crippen LogP contribution < -0.4 is 14.8 Å². The lowest BCUT2D eigenvalue weighted by Gasteiger charge is -2.27. The van der Waals surface area contributed by atoms with Gasteiger partial charge in [-0.1, -0.05) is 28.1 Å². The van der Waals surface area contributed by atoms with Crippen molar-refractivity contribution >= 4 is 44.9 Å². The smallest absolute Gasteiger partial charge is 0.322 e. The van der Waals surface area contributed by atoms with Gasteiger partial charge in [0.1, 0.15) is 6.54 Å². The van der Waals surface area contributed by atoms with Gasteiger partial charge in [-0.3, -0.25) is 4.79 Å². The predicted octanol–water partition coefficient (Wildman–Crippen LogP) is 6.13. The van der Waals surface area contributed by atoms with E-state index in [1.54, 1.807) is 48.7 Å². The molecule has 0 fully saturated rings. The molecular weight excluding hydrogens is 554 g/mol. The van der Waals surface area contributed by atoms with Crippen LogP contribution in [0.5, 0.6) is 11.5 Å². The SMILES string of the molecule is C=CCN(CC(=O)N(CCc1ccc(OC)c(OC)c1)Cc1sccc1C)C(=O)Nc1ccc(Br)cc1. The van der Waals surface area contributed by atoms with Gasteiger partial charge < -0.3 is 24.6 Å². The first-order valence-electron chi connectivity index (χ1n) is 11.8. The minimum Gasteiger partial charge on any atom is -0.493 e. The molecule has 0 aliphatic heterocycles. The van der Waals surface area contributed by atoms with Crippen LogP contribution in [0.25, 0.3) is 0 Å². The Labute approximate surface area is 230 Å². The van der Waals surface area contributed by atoms with E-state index < -0.39 is 0 Å². The van der Waals surface area contributed by atoms with Gasteiger partial charge in [0, 0.05) is 28.1 Å². The number of carbonyl (C=O) groups is 2. The van der Waals surface area contributed by atoms with Crippen LogP contribution in [-0.2, 0) is 17.8 Å². The first kappa shape index (κ1) is 28.3. The lowest BCUT2D eigenvalue weighted by Crippen LogP contribution is -2.44. The van der Waals surface area contributed by atoms with E-state index in [9.17, 15) is 9.59 Å². The molecule has 0 bridgehead atoms. The Kier molecular flexibility index (Phi) is 10.6. The first-order valence-corrected chi connectivity index (χ1v) is 13.5. The van der Waals surface area contributed by atoms with Gasteiger partial charge in [-0.05, 0) is 72.3 Å². The van der Waals surface area contributed by atoms with Gasteiger partial charge >= 0.3 is 6.03 Å². The van der Waals surface area contributed by atoms with Crippen LogP contribution in [-0.4, -0.2) is 55.6 Å². The highest BCUT2D eigenvalue weighted by molar-refractivity contribution is 9.10. The molecule has 3 rings (SSSR count). The highest BCUT2D eigenvalue weighted by Gasteiger charge is 2.22.